The van der Waals surface area contributed by atoms with E-state index in [9.17, 15) is 13.5 Å². The molecule has 1 aliphatic heterocycles. The lowest BCUT2D eigenvalue weighted by Crippen LogP contribution is -2.41. The number of benzene rings is 1. The molecule has 0 spiro atoms. The Bertz CT molecular complexity index is 575. The van der Waals surface area contributed by atoms with E-state index >= 15 is 0 Å². The molecule has 0 radical (unpaired) electrons. The van der Waals surface area contributed by atoms with E-state index in [-0.39, 0.29) is 12.5 Å². The number of nitrogens with two attached hydrogens (primary N) is 1. The van der Waals surface area contributed by atoms with E-state index in [0.717, 1.165) is 12.8 Å². The first kappa shape index (κ1) is 15.3. The summed E-state index contributed by atoms with van der Waals surface area (Å²) in [5, 5.41) is 9.25. The summed E-state index contributed by atoms with van der Waals surface area (Å²) in [7, 11) is -3.52. The van der Waals surface area contributed by atoms with Crippen LogP contribution in [0.25, 0.3) is 0 Å². The summed E-state index contributed by atoms with van der Waals surface area (Å²) < 4.78 is 27.1. The van der Waals surface area contributed by atoms with Gasteiger partial charge in [-0.15, -0.1) is 0 Å². The Labute approximate surface area is 120 Å². The summed E-state index contributed by atoms with van der Waals surface area (Å²) in [6, 6.07) is 3.38. The number of nitrogens with zero attached hydrogens (tertiary/aromatic N) is 1. The van der Waals surface area contributed by atoms with Crippen LogP contribution in [0.2, 0.25) is 0 Å². The molecule has 1 fully saturated rings. The maximum atomic E-state index is 12.8. The van der Waals surface area contributed by atoms with Gasteiger partial charge >= 0.3 is 0 Å². The minimum absolute atomic E-state index is 0.0335. The third kappa shape index (κ3) is 2.82. The van der Waals surface area contributed by atoms with Gasteiger partial charge in [0.25, 0.3) is 0 Å². The highest BCUT2D eigenvalue weighted by molar-refractivity contribution is 7.89. The van der Waals surface area contributed by atoms with Gasteiger partial charge in [0.2, 0.25) is 10.0 Å². The second kappa shape index (κ2) is 5.71. The Morgan fingerprint density at radius 3 is 2.50 bits per heavy atom. The second-order valence-corrected chi connectivity index (χ2v) is 7.41. The zero-order valence-corrected chi connectivity index (χ0v) is 12.8. The van der Waals surface area contributed by atoms with Crippen LogP contribution in [0, 0.1) is 19.8 Å². The van der Waals surface area contributed by atoms with Crippen molar-refractivity contribution in [2.75, 3.05) is 25.4 Å². The third-order valence-corrected chi connectivity index (χ3v) is 5.99. The Kier molecular flexibility index (Phi) is 4.36. The molecule has 20 heavy (non-hydrogen) atoms. The molecule has 1 aromatic rings. The molecule has 0 amide bonds. The molecule has 1 atom stereocenters. The molecule has 0 bridgehead atoms. The van der Waals surface area contributed by atoms with Gasteiger partial charge in [0.05, 0.1) is 4.90 Å². The quantitative estimate of drug-likeness (QED) is 0.823. The van der Waals surface area contributed by atoms with E-state index in [1.165, 1.54) is 4.31 Å². The van der Waals surface area contributed by atoms with Crippen LogP contribution in [0.5, 0.6) is 0 Å². The van der Waals surface area contributed by atoms with Gasteiger partial charge < -0.3 is 10.8 Å². The molecule has 1 saturated heterocycles. The number of sulfonamides is 1. The zero-order chi connectivity index (χ0) is 14.9. The first-order valence-electron chi connectivity index (χ1n) is 6.84. The Morgan fingerprint density at radius 2 is 1.95 bits per heavy atom. The first-order chi connectivity index (χ1) is 9.36. The summed E-state index contributed by atoms with van der Waals surface area (Å²) in [5.41, 5.74) is 7.68. The molecule has 0 saturated carbocycles. The average molecular weight is 298 g/mol. The molecule has 112 valence electrons. The Morgan fingerprint density at radius 1 is 1.35 bits per heavy atom. The molecule has 5 nitrogen and oxygen atoms in total. The molecule has 3 N–H and O–H groups in total. The fourth-order valence-corrected chi connectivity index (χ4v) is 4.88. The predicted octanol–water partition coefficient (Wildman–Crippen LogP) is 1.28. The van der Waals surface area contributed by atoms with Crippen LogP contribution in [0.15, 0.2) is 17.0 Å². The molecular weight excluding hydrogens is 276 g/mol. The largest absolute Gasteiger partial charge is 0.399 e. The van der Waals surface area contributed by atoms with Crippen molar-refractivity contribution in [3.8, 4) is 0 Å². The number of piperidine rings is 1. The summed E-state index contributed by atoms with van der Waals surface area (Å²) in [5.74, 6) is 0.0351. The maximum absolute atomic E-state index is 12.8. The van der Waals surface area contributed by atoms with Crippen LogP contribution in [-0.2, 0) is 10.0 Å². The molecule has 2 rings (SSSR count). The third-order valence-electron chi connectivity index (χ3n) is 3.82. The standard InChI is InChI=1S/C14H22N2O3S/c1-10-6-13(15)7-11(2)14(10)20(18,19)16-5-3-4-12(8-16)9-17/h6-7,12,17H,3-5,8-9,15H2,1-2H3. The van der Waals surface area contributed by atoms with Gasteiger partial charge in [-0.25, -0.2) is 8.42 Å². The van der Waals surface area contributed by atoms with Crippen LogP contribution >= 0.6 is 0 Å². The minimum atomic E-state index is -3.52. The zero-order valence-electron chi connectivity index (χ0n) is 12.0. The van der Waals surface area contributed by atoms with Crippen molar-refractivity contribution in [1.82, 2.24) is 4.31 Å². The van der Waals surface area contributed by atoms with Crippen molar-refractivity contribution in [3.63, 3.8) is 0 Å². The number of aryl methyl sites for hydroxylation is 2. The van der Waals surface area contributed by atoms with Crippen molar-refractivity contribution < 1.29 is 13.5 Å². The van der Waals surface area contributed by atoms with E-state index in [0.29, 0.717) is 34.8 Å². The van der Waals surface area contributed by atoms with Crippen LogP contribution in [0.1, 0.15) is 24.0 Å². The van der Waals surface area contributed by atoms with Crippen LogP contribution in [0.3, 0.4) is 0 Å². The lowest BCUT2D eigenvalue weighted by molar-refractivity contribution is 0.165. The Hall–Kier alpha value is -1.11. The summed E-state index contributed by atoms with van der Waals surface area (Å²) in [6.45, 7) is 4.48. The highest BCUT2D eigenvalue weighted by Gasteiger charge is 2.32. The summed E-state index contributed by atoms with van der Waals surface area (Å²) in [4.78, 5) is 0.352. The first-order valence-corrected chi connectivity index (χ1v) is 8.28. The van der Waals surface area contributed by atoms with Gasteiger partial charge in [-0.2, -0.15) is 4.31 Å². The molecule has 6 heteroatoms. The molecule has 1 aliphatic rings. The van der Waals surface area contributed by atoms with Gasteiger partial charge in [-0.05, 0) is 55.9 Å². The number of nitrogen functional groups attached to an aromatic ring is 1. The molecule has 1 aromatic carbocycles. The minimum Gasteiger partial charge on any atom is -0.399 e. The lowest BCUT2D eigenvalue weighted by atomic mass is 10.0. The van der Waals surface area contributed by atoms with Crippen molar-refractivity contribution >= 4 is 15.7 Å². The highest BCUT2D eigenvalue weighted by Crippen LogP contribution is 2.29. The van der Waals surface area contributed by atoms with Crippen molar-refractivity contribution in [2.45, 2.75) is 31.6 Å². The van der Waals surface area contributed by atoms with Gasteiger partial charge in [-0.3, -0.25) is 0 Å². The van der Waals surface area contributed by atoms with E-state index in [4.69, 9.17) is 5.73 Å². The van der Waals surface area contributed by atoms with Crippen molar-refractivity contribution in [2.24, 2.45) is 5.92 Å². The number of hydrogen-bond acceptors (Lipinski definition) is 4. The summed E-state index contributed by atoms with van der Waals surface area (Å²) in [6.07, 6.45) is 1.67. The normalized spacial score (nSPS) is 21.1. The number of aliphatic hydroxyl groups excluding tert-OH is 1. The number of rotatable bonds is 3. The van der Waals surface area contributed by atoms with E-state index < -0.39 is 10.0 Å². The smallest absolute Gasteiger partial charge is 0.243 e. The van der Waals surface area contributed by atoms with Crippen molar-refractivity contribution in [3.05, 3.63) is 23.3 Å². The molecular formula is C14H22N2O3S. The number of aliphatic hydroxyl groups is 1. The van der Waals surface area contributed by atoms with E-state index in [2.05, 4.69) is 0 Å². The fraction of sp³-hybridized carbons (Fsp3) is 0.571. The molecule has 0 aromatic heterocycles. The molecule has 0 aliphatic carbocycles. The average Bonchev–Trinajstić information content (AvgIpc) is 2.37. The molecule has 1 unspecified atom stereocenters. The number of anilines is 1. The van der Waals surface area contributed by atoms with Gasteiger partial charge in [-0.1, -0.05) is 0 Å². The fourth-order valence-electron chi connectivity index (χ4n) is 2.91. The maximum Gasteiger partial charge on any atom is 0.243 e. The SMILES string of the molecule is Cc1cc(N)cc(C)c1S(=O)(=O)N1CCCC(CO)C1. The predicted molar refractivity (Wildman–Crippen MR) is 78.9 cm³/mol. The number of hydrogen-bond donors (Lipinski definition) is 2. The summed E-state index contributed by atoms with van der Waals surface area (Å²) >= 11 is 0. The topological polar surface area (TPSA) is 83.6 Å². The lowest BCUT2D eigenvalue weighted by Gasteiger charge is -2.31. The van der Waals surface area contributed by atoms with Crippen LogP contribution < -0.4 is 5.73 Å². The van der Waals surface area contributed by atoms with E-state index in [1.807, 2.05) is 0 Å². The molecule has 1 heterocycles. The van der Waals surface area contributed by atoms with Crippen LogP contribution in [0.4, 0.5) is 5.69 Å². The second-order valence-electron chi connectivity index (χ2n) is 5.54. The van der Waals surface area contributed by atoms with E-state index in [1.54, 1.807) is 26.0 Å². The van der Waals surface area contributed by atoms with Gasteiger partial charge in [0.15, 0.2) is 0 Å². The van der Waals surface area contributed by atoms with Gasteiger partial charge in [0.1, 0.15) is 0 Å². The van der Waals surface area contributed by atoms with Crippen LogP contribution in [-0.4, -0.2) is 37.5 Å². The van der Waals surface area contributed by atoms with Gasteiger partial charge in [0, 0.05) is 25.4 Å². The highest BCUT2D eigenvalue weighted by atomic mass is 32.2. The van der Waals surface area contributed by atoms with Crippen molar-refractivity contribution in [1.29, 1.82) is 0 Å². The Balaban J connectivity index is 2.40. The monoisotopic (exact) mass is 298 g/mol.